The van der Waals surface area contributed by atoms with E-state index >= 15 is 0 Å². The molecule has 0 fully saturated rings. The van der Waals surface area contributed by atoms with Gasteiger partial charge in [-0.3, -0.25) is 10.1 Å². The van der Waals surface area contributed by atoms with Gasteiger partial charge in [0.25, 0.3) is 0 Å². The second-order valence-electron chi connectivity index (χ2n) is 5.63. The Kier molecular flexibility index (Phi) is 7.24. The first-order valence-corrected chi connectivity index (χ1v) is 8.28. The molecular formula is C16H23NO4S. The highest BCUT2D eigenvalue weighted by atomic mass is 32.2. The van der Waals surface area contributed by atoms with Crippen LogP contribution in [-0.2, 0) is 20.0 Å². The highest BCUT2D eigenvalue weighted by Crippen LogP contribution is 2.18. The molecule has 5 nitrogen and oxygen atoms in total. The quantitative estimate of drug-likeness (QED) is 0.805. The Labute approximate surface area is 135 Å². The van der Waals surface area contributed by atoms with Crippen LogP contribution in [0.2, 0.25) is 0 Å². The lowest BCUT2D eigenvalue weighted by atomic mass is 10.2. The first-order chi connectivity index (χ1) is 10.3. The van der Waals surface area contributed by atoms with E-state index in [1.807, 2.05) is 39.0 Å². The number of ether oxygens (including phenoxy) is 2. The lowest BCUT2D eigenvalue weighted by molar-refractivity contribution is -0.139. The number of esters is 1. The number of amides is 1. The van der Waals surface area contributed by atoms with Gasteiger partial charge in [-0.05, 0) is 45.4 Å². The summed E-state index contributed by atoms with van der Waals surface area (Å²) >= 11 is 1.47. The molecule has 0 spiro atoms. The minimum Gasteiger partial charge on any atom is -0.465 e. The molecule has 0 saturated carbocycles. The lowest BCUT2D eigenvalue weighted by Gasteiger charge is -2.19. The summed E-state index contributed by atoms with van der Waals surface area (Å²) in [6.07, 6.45) is -0.483. The van der Waals surface area contributed by atoms with Gasteiger partial charge >= 0.3 is 12.1 Å². The Morgan fingerprint density at radius 1 is 1.27 bits per heavy atom. The van der Waals surface area contributed by atoms with Gasteiger partial charge in [0.15, 0.2) is 0 Å². The third kappa shape index (κ3) is 7.93. The van der Waals surface area contributed by atoms with E-state index in [9.17, 15) is 9.59 Å². The van der Waals surface area contributed by atoms with Gasteiger partial charge in [0, 0.05) is 11.4 Å². The van der Waals surface area contributed by atoms with E-state index in [1.165, 1.54) is 11.8 Å². The number of carbonyl (C=O) groups excluding carboxylic acids is 2. The van der Waals surface area contributed by atoms with Crippen molar-refractivity contribution in [1.82, 2.24) is 0 Å². The van der Waals surface area contributed by atoms with Crippen LogP contribution in [0.1, 0.15) is 33.3 Å². The number of carbonyl (C=O) groups is 2. The molecule has 1 amide bonds. The number of rotatable bonds is 6. The fourth-order valence-electron chi connectivity index (χ4n) is 1.62. The van der Waals surface area contributed by atoms with E-state index in [0.717, 1.165) is 5.56 Å². The standard InChI is InChI=1S/C16H23NO4S/c1-5-20-14(18)11-22-10-12-7-6-8-13(9-12)17-15(19)21-16(2,3)4/h6-9H,5,10-11H2,1-4H3,(H,17,19). The molecule has 6 heteroatoms. The molecule has 1 rings (SSSR count). The average molecular weight is 325 g/mol. The Balaban J connectivity index is 2.48. The molecule has 122 valence electrons. The maximum absolute atomic E-state index is 11.7. The number of hydrogen-bond acceptors (Lipinski definition) is 5. The summed E-state index contributed by atoms with van der Waals surface area (Å²) < 4.78 is 10.1. The van der Waals surface area contributed by atoms with Crippen molar-refractivity contribution in [3.63, 3.8) is 0 Å². The number of anilines is 1. The molecule has 22 heavy (non-hydrogen) atoms. The first-order valence-electron chi connectivity index (χ1n) is 7.12. The molecule has 0 bridgehead atoms. The SMILES string of the molecule is CCOC(=O)CSCc1cccc(NC(=O)OC(C)(C)C)c1. The molecular weight excluding hydrogens is 302 g/mol. The summed E-state index contributed by atoms with van der Waals surface area (Å²) in [5, 5.41) is 2.70. The summed E-state index contributed by atoms with van der Waals surface area (Å²) in [6, 6.07) is 7.46. The van der Waals surface area contributed by atoms with Gasteiger partial charge in [0.1, 0.15) is 5.60 Å². The first kappa shape index (κ1) is 18.4. The summed E-state index contributed by atoms with van der Waals surface area (Å²) in [7, 11) is 0. The van der Waals surface area contributed by atoms with Crippen LogP contribution in [0.4, 0.5) is 10.5 Å². The van der Waals surface area contributed by atoms with Crippen LogP contribution >= 0.6 is 11.8 Å². The second kappa shape index (κ2) is 8.68. The predicted octanol–water partition coefficient (Wildman–Crippen LogP) is 3.83. The molecule has 0 aliphatic carbocycles. The van der Waals surface area contributed by atoms with Crippen molar-refractivity contribution in [2.75, 3.05) is 17.7 Å². The maximum Gasteiger partial charge on any atom is 0.412 e. The van der Waals surface area contributed by atoms with Crippen LogP contribution in [0.3, 0.4) is 0 Å². The Hall–Kier alpha value is -1.69. The molecule has 0 saturated heterocycles. The maximum atomic E-state index is 11.7. The van der Waals surface area contributed by atoms with E-state index in [1.54, 1.807) is 13.0 Å². The van der Waals surface area contributed by atoms with Crippen LogP contribution in [0.5, 0.6) is 0 Å². The van der Waals surface area contributed by atoms with Crippen molar-refractivity contribution in [2.45, 2.75) is 39.0 Å². The zero-order valence-corrected chi connectivity index (χ0v) is 14.3. The normalized spacial score (nSPS) is 10.9. The van der Waals surface area contributed by atoms with Crippen molar-refractivity contribution < 1.29 is 19.1 Å². The van der Waals surface area contributed by atoms with Crippen molar-refractivity contribution in [3.05, 3.63) is 29.8 Å². The highest BCUT2D eigenvalue weighted by Gasteiger charge is 2.16. The third-order valence-corrected chi connectivity index (χ3v) is 3.34. The smallest absolute Gasteiger partial charge is 0.412 e. The minimum atomic E-state index is -0.531. The predicted molar refractivity (Wildman–Crippen MR) is 89.1 cm³/mol. The average Bonchev–Trinajstić information content (AvgIpc) is 2.37. The molecule has 1 aromatic carbocycles. The second-order valence-corrected chi connectivity index (χ2v) is 6.61. The van der Waals surface area contributed by atoms with Crippen LogP contribution in [-0.4, -0.2) is 30.0 Å². The van der Waals surface area contributed by atoms with E-state index in [0.29, 0.717) is 23.8 Å². The molecule has 0 radical (unpaired) electrons. The topological polar surface area (TPSA) is 64.6 Å². The van der Waals surface area contributed by atoms with E-state index in [4.69, 9.17) is 9.47 Å². The van der Waals surface area contributed by atoms with Gasteiger partial charge in [-0.25, -0.2) is 4.79 Å². The third-order valence-electron chi connectivity index (χ3n) is 2.37. The molecule has 0 heterocycles. The van der Waals surface area contributed by atoms with E-state index in [2.05, 4.69) is 5.32 Å². The van der Waals surface area contributed by atoms with Crippen molar-refractivity contribution >= 4 is 29.5 Å². The molecule has 0 aliphatic rings. The molecule has 0 aliphatic heterocycles. The van der Waals surface area contributed by atoms with Crippen LogP contribution in [0.25, 0.3) is 0 Å². The Morgan fingerprint density at radius 3 is 2.64 bits per heavy atom. The van der Waals surface area contributed by atoms with Crippen LogP contribution in [0, 0.1) is 0 Å². The Bertz CT molecular complexity index is 511. The minimum absolute atomic E-state index is 0.212. The van der Waals surface area contributed by atoms with Gasteiger partial charge in [-0.2, -0.15) is 0 Å². The molecule has 1 N–H and O–H groups in total. The molecule has 0 atom stereocenters. The van der Waals surface area contributed by atoms with Crippen molar-refractivity contribution in [3.8, 4) is 0 Å². The zero-order valence-electron chi connectivity index (χ0n) is 13.5. The summed E-state index contributed by atoms with van der Waals surface area (Å²) in [4.78, 5) is 23.0. The molecule has 0 aromatic heterocycles. The highest BCUT2D eigenvalue weighted by molar-refractivity contribution is 7.99. The summed E-state index contributed by atoms with van der Waals surface area (Å²) in [5.41, 5.74) is 1.16. The largest absolute Gasteiger partial charge is 0.465 e. The Morgan fingerprint density at radius 2 is 2.00 bits per heavy atom. The summed E-state index contributed by atoms with van der Waals surface area (Å²) in [6.45, 7) is 7.63. The van der Waals surface area contributed by atoms with Gasteiger partial charge in [-0.15, -0.1) is 11.8 Å². The molecule has 0 unspecified atom stereocenters. The zero-order chi connectivity index (χ0) is 16.6. The monoisotopic (exact) mass is 325 g/mol. The molecule has 1 aromatic rings. The fraction of sp³-hybridized carbons (Fsp3) is 0.500. The number of nitrogens with one attached hydrogen (secondary N) is 1. The number of thioether (sulfide) groups is 1. The number of benzene rings is 1. The van der Waals surface area contributed by atoms with Crippen LogP contribution < -0.4 is 5.32 Å². The van der Waals surface area contributed by atoms with E-state index < -0.39 is 11.7 Å². The van der Waals surface area contributed by atoms with Gasteiger partial charge in [0.05, 0.1) is 12.4 Å². The van der Waals surface area contributed by atoms with Crippen molar-refractivity contribution in [1.29, 1.82) is 0 Å². The fourth-order valence-corrected chi connectivity index (χ4v) is 2.38. The van der Waals surface area contributed by atoms with E-state index in [-0.39, 0.29) is 5.97 Å². The lowest BCUT2D eigenvalue weighted by Crippen LogP contribution is -2.27. The van der Waals surface area contributed by atoms with Gasteiger partial charge in [0.2, 0.25) is 0 Å². The van der Waals surface area contributed by atoms with Gasteiger partial charge < -0.3 is 9.47 Å². The summed E-state index contributed by atoms with van der Waals surface area (Å²) in [5.74, 6) is 0.774. The number of hydrogen-bond donors (Lipinski definition) is 1. The van der Waals surface area contributed by atoms with Crippen LogP contribution in [0.15, 0.2) is 24.3 Å². The van der Waals surface area contributed by atoms with Crippen molar-refractivity contribution in [2.24, 2.45) is 0 Å². The van der Waals surface area contributed by atoms with Gasteiger partial charge in [-0.1, -0.05) is 12.1 Å².